The lowest BCUT2D eigenvalue weighted by Gasteiger charge is -2.41. The van der Waals surface area contributed by atoms with Crippen molar-refractivity contribution >= 4 is 22.8 Å². The van der Waals surface area contributed by atoms with Crippen LogP contribution in [0, 0.1) is 5.92 Å². The molecule has 1 unspecified atom stereocenters. The fourth-order valence-corrected chi connectivity index (χ4v) is 4.29. The molecule has 2 fully saturated rings. The van der Waals surface area contributed by atoms with E-state index >= 15 is 0 Å². The molecule has 2 aromatic heterocycles. The van der Waals surface area contributed by atoms with E-state index in [1.54, 1.807) is 6.20 Å². The van der Waals surface area contributed by atoms with Gasteiger partial charge >= 0.3 is 0 Å². The molecular formula is C20H25F2N5O. The molecule has 2 aliphatic rings. The number of hydrogen-bond acceptors (Lipinski definition) is 4. The topological polar surface area (TPSA) is 73.9 Å². The number of likely N-dealkylation sites (tertiary alicyclic amines) is 1. The van der Waals surface area contributed by atoms with Gasteiger partial charge in [-0.05, 0) is 30.4 Å². The van der Waals surface area contributed by atoms with Crippen molar-refractivity contribution in [3.05, 3.63) is 30.7 Å². The lowest BCUT2D eigenvalue weighted by atomic mass is 9.90. The minimum absolute atomic E-state index is 0.0144. The Morgan fingerprint density at radius 3 is 2.82 bits per heavy atom. The zero-order chi connectivity index (χ0) is 20.1. The van der Waals surface area contributed by atoms with Crippen LogP contribution < -0.4 is 5.32 Å². The van der Waals surface area contributed by atoms with E-state index in [1.165, 1.54) is 12.4 Å². The number of carbonyl (C=O) groups excluding carboxylic acids is 1. The molecule has 0 aromatic carbocycles. The van der Waals surface area contributed by atoms with Crippen LogP contribution >= 0.6 is 0 Å². The summed E-state index contributed by atoms with van der Waals surface area (Å²) in [5.74, 6) is -2.64. The van der Waals surface area contributed by atoms with E-state index in [2.05, 4.69) is 40.7 Å². The number of anilines is 1. The Morgan fingerprint density at radius 1 is 1.43 bits per heavy atom. The van der Waals surface area contributed by atoms with E-state index in [-0.39, 0.29) is 24.4 Å². The second-order valence-corrected chi connectivity index (χ2v) is 8.13. The Morgan fingerprint density at radius 2 is 2.18 bits per heavy atom. The van der Waals surface area contributed by atoms with Crippen LogP contribution in [0.25, 0.3) is 11.0 Å². The summed E-state index contributed by atoms with van der Waals surface area (Å²) in [7, 11) is 0. The summed E-state index contributed by atoms with van der Waals surface area (Å²) in [4.78, 5) is 25.7. The second-order valence-electron chi connectivity index (χ2n) is 8.13. The van der Waals surface area contributed by atoms with Crippen LogP contribution in [0.3, 0.4) is 0 Å². The molecule has 1 amide bonds. The molecule has 2 N–H and O–H groups in total. The number of aromatic amines is 1. The first kappa shape index (κ1) is 18.8. The van der Waals surface area contributed by atoms with Gasteiger partial charge in [-0.3, -0.25) is 4.79 Å². The number of piperidine rings is 1. The summed E-state index contributed by atoms with van der Waals surface area (Å²) in [6, 6.07) is 0.154. The number of carbonyl (C=O) groups is 1. The predicted octanol–water partition coefficient (Wildman–Crippen LogP) is 3.69. The van der Waals surface area contributed by atoms with E-state index in [1.807, 2.05) is 4.90 Å². The molecule has 0 spiro atoms. The van der Waals surface area contributed by atoms with Crippen molar-refractivity contribution in [2.24, 2.45) is 5.92 Å². The van der Waals surface area contributed by atoms with Crippen molar-refractivity contribution in [3.63, 3.8) is 0 Å². The van der Waals surface area contributed by atoms with Crippen molar-refractivity contribution < 1.29 is 13.6 Å². The van der Waals surface area contributed by atoms with Crippen LogP contribution in [-0.2, 0) is 4.79 Å². The first-order valence-electron chi connectivity index (χ1n) is 9.71. The Bertz CT molecular complexity index is 909. The van der Waals surface area contributed by atoms with Gasteiger partial charge in [0.1, 0.15) is 17.8 Å². The number of rotatable bonds is 5. The van der Waals surface area contributed by atoms with E-state index in [0.717, 1.165) is 12.8 Å². The fraction of sp³-hybridized carbons (Fsp3) is 0.550. The minimum atomic E-state index is -2.66. The number of hydrogen-bond donors (Lipinski definition) is 2. The summed E-state index contributed by atoms with van der Waals surface area (Å²) in [6.45, 7) is 8.36. The molecule has 4 rings (SSSR count). The monoisotopic (exact) mass is 389 g/mol. The lowest BCUT2D eigenvalue weighted by Crippen LogP contribution is -2.52. The molecule has 1 saturated carbocycles. The Kier molecular flexibility index (Phi) is 4.59. The van der Waals surface area contributed by atoms with Gasteiger partial charge in [0.05, 0.1) is 11.3 Å². The molecule has 1 aliphatic heterocycles. The van der Waals surface area contributed by atoms with Crippen molar-refractivity contribution in [1.29, 1.82) is 0 Å². The Balaban J connectivity index is 1.59. The summed E-state index contributed by atoms with van der Waals surface area (Å²) >= 11 is 0. The molecular weight excluding hydrogens is 364 g/mol. The summed E-state index contributed by atoms with van der Waals surface area (Å²) in [6.07, 6.45) is 5.97. The van der Waals surface area contributed by atoms with Crippen LogP contribution in [0.5, 0.6) is 0 Å². The van der Waals surface area contributed by atoms with Gasteiger partial charge in [0, 0.05) is 31.2 Å². The highest BCUT2D eigenvalue weighted by atomic mass is 19.3. The van der Waals surface area contributed by atoms with Crippen LogP contribution in [0.1, 0.15) is 44.6 Å². The van der Waals surface area contributed by atoms with Crippen LogP contribution in [0.15, 0.2) is 25.2 Å². The zero-order valence-corrected chi connectivity index (χ0v) is 16.1. The molecule has 0 bridgehead atoms. The van der Waals surface area contributed by atoms with Gasteiger partial charge < -0.3 is 15.2 Å². The molecule has 8 heteroatoms. The van der Waals surface area contributed by atoms with Crippen LogP contribution in [0.2, 0.25) is 0 Å². The van der Waals surface area contributed by atoms with Gasteiger partial charge in [0.2, 0.25) is 5.91 Å². The summed E-state index contributed by atoms with van der Waals surface area (Å²) in [5, 5.41) is 4.01. The molecule has 3 atom stereocenters. The maximum absolute atomic E-state index is 13.6. The third-order valence-electron chi connectivity index (χ3n) is 5.90. The first-order valence-corrected chi connectivity index (χ1v) is 9.71. The van der Waals surface area contributed by atoms with Crippen molar-refractivity contribution in [3.8, 4) is 0 Å². The molecule has 3 heterocycles. The predicted molar refractivity (Wildman–Crippen MR) is 103 cm³/mol. The van der Waals surface area contributed by atoms with E-state index in [4.69, 9.17) is 0 Å². The third-order valence-corrected chi connectivity index (χ3v) is 5.90. The number of aromatic nitrogens is 3. The molecule has 1 aliphatic carbocycles. The molecule has 0 radical (unpaired) electrons. The van der Waals surface area contributed by atoms with Gasteiger partial charge in [-0.1, -0.05) is 20.4 Å². The van der Waals surface area contributed by atoms with Gasteiger partial charge in [-0.25, -0.2) is 18.7 Å². The number of halogens is 2. The van der Waals surface area contributed by atoms with Gasteiger partial charge in [-0.15, -0.1) is 0 Å². The average Bonchev–Trinajstić information content (AvgIpc) is 3.10. The van der Waals surface area contributed by atoms with Crippen molar-refractivity contribution in [2.45, 2.75) is 57.0 Å². The Hall–Kier alpha value is -2.51. The number of alkyl halides is 2. The minimum Gasteiger partial charge on any atom is -0.365 e. The maximum atomic E-state index is 13.6. The highest BCUT2D eigenvalue weighted by Crippen LogP contribution is 2.57. The maximum Gasteiger partial charge on any atom is 0.256 e. The number of H-pyrrole nitrogens is 1. The molecule has 2 aromatic rings. The van der Waals surface area contributed by atoms with E-state index in [0.29, 0.717) is 34.9 Å². The Labute approximate surface area is 162 Å². The third kappa shape index (κ3) is 3.25. The zero-order valence-electron chi connectivity index (χ0n) is 16.1. The van der Waals surface area contributed by atoms with Gasteiger partial charge in [0.25, 0.3) is 5.92 Å². The number of nitrogens with zero attached hydrogens (tertiary/aromatic N) is 3. The molecule has 1 saturated heterocycles. The SMILES string of the molecule is C=CC(=O)N1C[C@H](Nc2ncnc3[nH]cc([C@@H]4CC4(F)F)c23)CCC1C(C)C. The van der Waals surface area contributed by atoms with Gasteiger partial charge in [-0.2, -0.15) is 0 Å². The largest absolute Gasteiger partial charge is 0.365 e. The normalized spacial score (nSPS) is 26.5. The van der Waals surface area contributed by atoms with Gasteiger partial charge in [0.15, 0.2) is 0 Å². The number of fused-ring (bicyclic) bond motifs is 1. The second kappa shape index (κ2) is 6.83. The first-order chi connectivity index (χ1) is 13.3. The molecule has 6 nitrogen and oxygen atoms in total. The van der Waals surface area contributed by atoms with E-state index in [9.17, 15) is 13.6 Å². The smallest absolute Gasteiger partial charge is 0.256 e. The molecule has 28 heavy (non-hydrogen) atoms. The fourth-order valence-electron chi connectivity index (χ4n) is 4.29. The van der Waals surface area contributed by atoms with Crippen molar-refractivity contribution in [2.75, 3.05) is 11.9 Å². The standard InChI is InChI=1S/C20H25F2N5O/c1-4-16(28)27-9-12(5-6-15(27)11(2)3)26-19-17-13(14-7-20(14,21)22)8-23-18(17)24-10-25-19/h4,8,10-12,14-15H,1,5-7,9H2,2-3H3,(H2,23,24,25,26)/t12-,14+,15?/m1/s1. The van der Waals surface area contributed by atoms with Crippen molar-refractivity contribution in [1.82, 2.24) is 19.9 Å². The van der Waals surface area contributed by atoms with E-state index < -0.39 is 11.8 Å². The number of amides is 1. The highest BCUT2D eigenvalue weighted by Gasteiger charge is 2.58. The lowest BCUT2D eigenvalue weighted by molar-refractivity contribution is -0.130. The highest BCUT2D eigenvalue weighted by molar-refractivity contribution is 5.91. The number of nitrogens with one attached hydrogen (secondary N) is 2. The summed E-state index contributed by atoms with van der Waals surface area (Å²) < 4.78 is 27.3. The molecule has 150 valence electrons. The van der Waals surface area contributed by atoms with Crippen LogP contribution in [-0.4, -0.2) is 50.3 Å². The average molecular weight is 389 g/mol. The summed E-state index contributed by atoms with van der Waals surface area (Å²) in [5.41, 5.74) is 1.10. The van der Waals surface area contributed by atoms with Crippen LogP contribution in [0.4, 0.5) is 14.6 Å². The quantitative estimate of drug-likeness (QED) is 0.765.